The van der Waals surface area contributed by atoms with Crippen molar-refractivity contribution in [1.82, 2.24) is 20.1 Å². The van der Waals surface area contributed by atoms with Gasteiger partial charge < -0.3 is 14.5 Å². The standard InChI is InChI=1S/C24H26N4O3/c1-14(2)28-23-20(13-26-28)19(11-21(27-23)18-10-15(3)31-16(18)4)24(29)25-12-17-8-6-7-9-22(17)30-5/h6-11,13-14H,12H2,1-5H3,(H,25,29). The lowest BCUT2D eigenvalue weighted by Crippen LogP contribution is -2.23. The van der Waals surface area contributed by atoms with Crippen LogP contribution < -0.4 is 10.1 Å². The summed E-state index contributed by atoms with van der Waals surface area (Å²) in [6, 6.07) is 11.5. The number of amides is 1. The van der Waals surface area contributed by atoms with E-state index in [1.165, 1.54) is 0 Å². The zero-order valence-electron chi connectivity index (χ0n) is 18.4. The summed E-state index contributed by atoms with van der Waals surface area (Å²) in [5.74, 6) is 2.11. The highest BCUT2D eigenvalue weighted by Gasteiger charge is 2.20. The van der Waals surface area contributed by atoms with Gasteiger partial charge in [-0.15, -0.1) is 0 Å². The Morgan fingerprint density at radius 1 is 1.23 bits per heavy atom. The van der Waals surface area contributed by atoms with Crippen molar-refractivity contribution in [2.24, 2.45) is 0 Å². The molecule has 1 N–H and O–H groups in total. The average molecular weight is 418 g/mol. The van der Waals surface area contributed by atoms with Crippen molar-refractivity contribution in [3.8, 4) is 17.0 Å². The number of furan rings is 1. The number of carbonyl (C=O) groups excluding carboxylic acids is 1. The van der Waals surface area contributed by atoms with E-state index in [0.717, 1.165) is 28.4 Å². The van der Waals surface area contributed by atoms with Gasteiger partial charge in [-0.05, 0) is 45.9 Å². The maximum absolute atomic E-state index is 13.2. The number of benzene rings is 1. The molecule has 7 nitrogen and oxygen atoms in total. The quantitative estimate of drug-likeness (QED) is 0.485. The number of aromatic nitrogens is 3. The van der Waals surface area contributed by atoms with Gasteiger partial charge in [0.15, 0.2) is 5.65 Å². The Hall–Kier alpha value is -3.61. The summed E-state index contributed by atoms with van der Waals surface area (Å²) in [4.78, 5) is 18.1. The summed E-state index contributed by atoms with van der Waals surface area (Å²) in [7, 11) is 1.62. The van der Waals surface area contributed by atoms with E-state index in [1.807, 2.05) is 68.8 Å². The second kappa shape index (κ2) is 8.26. The van der Waals surface area contributed by atoms with Crippen LogP contribution >= 0.6 is 0 Å². The molecule has 3 aromatic heterocycles. The monoisotopic (exact) mass is 418 g/mol. The zero-order chi connectivity index (χ0) is 22.1. The molecule has 1 amide bonds. The van der Waals surface area contributed by atoms with Crippen LogP contribution in [0.25, 0.3) is 22.3 Å². The number of ether oxygens (including phenoxy) is 1. The molecular weight excluding hydrogens is 392 g/mol. The average Bonchev–Trinajstić information content (AvgIpc) is 3.33. The number of aryl methyl sites for hydroxylation is 2. The first-order valence-corrected chi connectivity index (χ1v) is 10.2. The summed E-state index contributed by atoms with van der Waals surface area (Å²) in [5.41, 5.74) is 3.66. The number of hydrogen-bond donors (Lipinski definition) is 1. The first kappa shape index (κ1) is 20.7. The number of para-hydroxylation sites is 1. The number of nitrogens with one attached hydrogen (secondary N) is 1. The van der Waals surface area contributed by atoms with Crippen LogP contribution in [0.15, 0.2) is 47.0 Å². The van der Waals surface area contributed by atoms with E-state index in [9.17, 15) is 4.79 Å². The molecule has 0 saturated carbocycles. The summed E-state index contributed by atoms with van der Waals surface area (Å²) < 4.78 is 12.9. The number of rotatable bonds is 6. The first-order chi connectivity index (χ1) is 14.9. The Labute approximate surface area is 181 Å². The Kier molecular flexibility index (Phi) is 5.50. The second-order valence-corrected chi connectivity index (χ2v) is 7.80. The molecule has 160 valence electrons. The van der Waals surface area contributed by atoms with Gasteiger partial charge in [0, 0.05) is 23.7 Å². The topological polar surface area (TPSA) is 82.2 Å². The number of nitrogens with zero attached hydrogens (tertiary/aromatic N) is 3. The predicted molar refractivity (Wildman–Crippen MR) is 119 cm³/mol. The molecule has 0 spiro atoms. The van der Waals surface area contributed by atoms with Crippen LogP contribution in [-0.2, 0) is 6.54 Å². The molecule has 0 saturated heterocycles. The third kappa shape index (κ3) is 3.91. The maximum atomic E-state index is 13.2. The third-order valence-corrected chi connectivity index (χ3v) is 5.25. The fourth-order valence-electron chi connectivity index (χ4n) is 3.73. The van der Waals surface area contributed by atoms with Gasteiger partial charge in [-0.3, -0.25) is 4.79 Å². The Morgan fingerprint density at radius 3 is 2.68 bits per heavy atom. The predicted octanol–water partition coefficient (Wildman–Crippen LogP) is 4.83. The fourth-order valence-corrected chi connectivity index (χ4v) is 3.73. The maximum Gasteiger partial charge on any atom is 0.252 e. The molecule has 4 rings (SSSR count). The van der Waals surface area contributed by atoms with E-state index in [2.05, 4.69) is 10.4 Å². The molecule has 4 aromatic rings. The van der Waals surface area contributed by atoms with Crippen molar-refractivity contribution in [1.29, 1.82) is 0 Å². The van der Waals surface area contributed by atoms with E-state index in [0.29, 0.717) is 28.8 Å². The second-order valence-electron chi connectivity index (χ2n) is 7.80. The highest BCUT2D eigenvalue weighted by molar-refractivity contribution is 6.06. The van der Waals surface area contributed by atoms with Crippen molar-refractivity contribution >= 4 is 16.9 Å². The molecule has 0 aliphatic carbocycles. The molecule has 31 heavy (non-hydrogen) atoms. The lowest BCUT2D eigenvalue weighted by atomic mass is 10.1. The van der Waals surface area contributed by atoms with E-state index < -0.39 is 0 Å². The van der Waals surface area contributed by atoms with Gasteiger partial charge in [0.1, 0.15) is 17.3 Å². The molecule has 7 heteroatoms. The minimum absolute atomic E-state index is 0.108. The summed E-state index contributed by atoms with van der Waals surface area (Å²) in [6.45, 7) is 8.22. The number of pyridine rings is 1. The van der Waals surface area contributed by atoms with Crippen molar-refractivity contribution in [2.45, 2.75) is 40.3 Å². The van der Waals surface area contributed by atoms with Gasteiger partial charge in [-0.2, -0.15) is 5.10 Å². The number of methoxy groups -OCH3 is 1. The van der Waals surface area contributed by atoms with Crippen LogP contribution in [0.3, 0.4) is 0 Å². The molecule has 0 aliphatic heterocycles. The molecule has 3 heterocycles. The Bertz CT molecular complexity index is 1250. The highest BCUT2D eigenvalue weighted by Crippen LogP contribution is 2.30. The van der Waals surface area contributed by atoms with Crippen molar-refractivity contribution in [2.75, 3.05) is 7.11 Å². The summed E-state index contributed by atoms with van der Waals surface area (Å²) in [6.07, 6.45) is 1.71. The van der Waals surface area contributed by atoms with E-state index in [-0.39, 0.29) is 11.9 Å². The Morgan fingerprint density at radius 2 is 2.00 bits per heavy atom. The van der Waals surface area contributed by atoms with Crippen LogP contribution in [0.5, 0.6) is 5.75 Å². The van der Waals surface area contributed by atoms with Crippen LogP contribution in [-0.4, -0.2) is 27.8 Å². The molecule has 0 unspecified atom stereocenters. The molecule has 0 radical (unpaired) electrons. The number of hydrogen-bond acceptors (Lipinski definition) is 5. The van der Waals surface area contributed by atoms with E-state index >= 15 is 0 Å². The van der Waals surface area contributed by atoms with Gasteiger partial charge in [0.05, 0.1) is 30.0 Å². The lowest BCUT2D eigenvalue weighted by Gasteiger charge is -2.12. The molecule has 0 atom stereocenters. The van der Waals surface area contributed by atoms with E-state index in [1.54, 1.807) is 13.3 Å². The summed E-state index contributed by atoms with van der Waals surface area (Å²) >= 11 is 0. The smallest absolute Gasteiger partial charge is 0.252 e. The van der Waals surface area contributed by atoms with Gasteiger partial charge in [0.2, 0.25) is 0 Å². The van der Waals surface area contributed by atoms with Gasteiger partial charge in [-0.1, -0.05) is 18.2 Å². The van der Waals surface area contributed by atoms with Gasteiger partial charge >= 0.3 is 0 Å². The first-order valence-electron chi connectivity index (χ1n) is 10.2. The normalized spacial score (nSPS) is 11.3. The van der Waals surface area contributed by atoms with Crippen molar-refractivity contribution in [3.63, 3.8) is 0 Å². The lowest BCUT2D eigenvalue weighted by molar-refractivity contribution is 0.0952. The van der Waals surface area contributed by atoms with Crippen LogP contribution in [0.4, 0.5) is 0 Å². The zero-order valence-corrected chi connectivity index (χ0v) is 18.4. The number of fused-ring (bicyclic) bond motifs is 1. The number of carbonyl (C=O) groups is 1. The van der Waals surface area contributed by atoms with Gasteiger partial charge in [-0.25, -0.2) is 9.67 Å². The fraction of sp³-hybridized carbons (Fsp3) is 0.292. The molecule has 0 fully saturated rings. The van der Waals surface area contributed by atoms with Crippen molar-refractivity contribution < 1.29 is 13.9 Å². The molecule has 0 aliphatic rings. The SMILES string of the molecule is COc1ccccc1CNC(=O)c1cc(-c2cc(C)oc2C)nc2c1cnn2C(C)C. The Balaban J connectivity index is 1.77. The molecule has 0 bridgehead atoms. The highest BCUT2D eigenvalue weighted by atomic mass is 16.5. The van der Waals surface area contributed by atoms with Crippen LogP contribution in [0.1, 0.15) is 47.3 Å². The molecular formula is C24H26N4O3. The largest absolute Gasteiger partial charge is 0.496 e. The minimum atomic E-state index is -0.194. The molecule has 1 aromatic carbocycles. The third-order valence-electron chi connectivity index (χ3n) is 5.25. The minimum Gasteiger partial charge on any atom is -0.496 e. The summed E-state index contributed by atoms with van der Waals surface area (Å²) in [5, 5.41) is 8.20. The van der Waals surface area contributed by atoms with Crippen LogP contribution in [0.2, 0.25) is 0 Å². The van der Waals surface area contributed by atoms with E-state index in [4.69, 9.17) is 14.1 Å². The van der Waals surface area contributed by atoms with Gasteiger partial charge in [0.25, 0.3) is 5.91 Å². The van der Waals surface area contributed by atoms with Crippen LogP contribution in [0, 0.1) is 13.8 Å². The van der Waals surface area contributed by atoms with Crippen molar-refractivity contribution in [3.05, 3.63) is 65.2 Å².